The van der Waals surface area contributed by atoms with E-state index in [1.165, 1.54) is 4.31 Å². The zero-order valence-electron chi connectivity index (χ0n) is 11.2. The van der Waals surface area contributed by atoms with E-state index in [1.54, 1.807) is 10.4 Å². The summed E-state index contributed by atoms with van der Waals surface area (Å²) in [6, 6.07) is 7.37. The SMILES string of the molecule is CCN(Cc1cccc(N)c1)S(=O)(=O)N1CCCC1. The van der Waals surface area contributed by atoms with Crippen molar-refractivity contribution in [1.82, 2.24) is 8.61 Å². The molecule has 1 heterocycles. The summed E-state index contributed by atoms with van der Waals surface area (Å²) in [7, 11) is -3.34. The van der Waals surface area contributed by atoms with Crippen LogP contribution in [0.2, 0.25) is 0 Å². The molecule has 0 radical (unpaired) electrons. The molecule has 0 aliphatic carbocycles. The van der Waals surface area contributed by atoms with Gasteiger partial charge in [-0.2, -0.15) is 17.0 Å². The third-order valence-corrected chi connectivity index (χ3v) is 5.44. The first kappa shape index (κ1) is 14.3. The van der Waals surface area contributed by atoms with E-state index in [-0.39, 0.29) is 0 Å². The number of nitrogens with two attached hydrogens (primary N) is 1. The van der Waals surface area contributed by atoms with E-state index in [4.69, 9.17) is 5.73 Å². The molecule has 1 aliphatic rings. The molecule has 0 amide bonds. The summed E-state index contributed by atoms with van der Waals surface area (Å²) in [6.07, 6.45) is 1.91. The van der Waals surface area contributed by atoms with Gasteiger partial charge in [0.1, 0.15) is 0 Å². The van der Waals surface area contributed by atoms with Gasteiger partial charge in [0.15, 0.2) is 0 Å². The molecule has 0 bridgehead atoms. The van der Waals surface area contributed by atoms with Crippen LogP contribution in [0.1, 0.15) is 25.3 Å². The number of nitrogen functional groups attached to an aromatic ring is 1. The van der Waals surface area contributed by atoms with Crippen LogP contribution in [0.3, 0.4) is 0 Å². The average molecular weight is 283 g/mol. The molecule has 106 valence electrons. The van der Waals surface area contributed by atoms with Crippen LogP contribution in [0, 0.1) is 0 Å². The largest absolute Gasteiger partial charge is 0.399 e. The maximum absolute atomic E-state index is 12.5. The van der Waals surface area contributed by atoms with Crippen molar-refractivity contribution in [3.63, 3.8) is 0 Å². The van der Waals surface area contributed by atoms with Crippen LogP contribution in [0.4, 0.5) is 5.69 Å². The fourth-order valence-electron chi connectivity index (χ4n) is 2.33. The maximum Gasteiger partial charge on any atom is 0.282 e. The third-order valence-electron chi connectivity index (χ3n) is 3.38. The molecular formula is C13H21N3O2S. The zero-order chi connectivity index (χ0) is 13.9. The summed E-state index contributed by atoms with van der Waals surface area (Å²) in [5.41, 5.74) is 7.31. The number of rotatable bonds is 5. The molecule has 5 nitrogen and oxygen atoms in total. The van der Waals surface area contributed by atoms with E-state index < -0.39 is 10.2 Å². The molecule has 0 atom stereocenters. The second-order valence-electron chi connectivity index (χ2n) is 4.79. The van der Waals surface area contributed by atoms with E-state index >= 15 is 0 Å². The minimum absolute atomic E-state index is 0.375. The molecule has 2 N–H and O–H groups in total. The Labute approximate surface area is 115 Å². The number of hydrogen-bond acceptors (Lipinski definition) is 3. The Balaban J connectivity index is 2.15. The van der Waals surface area contributed by atoms with Crippen LogP contribution in [-0.2, 0) is 16.8 Å². The van der Waals surface area contributed by atoms with Gasteiger partial charge in [-0.1, -0.05) is 19.1 Å². The molecule has 2 rings (SSSR count). The molecule has 1 aromatic rings. The first-order valence-electron chi connectivity index (χ1n) is 6.63. The normalized spacial score (nSPS) is 17.2. The minimum Gasteiger partial charge on any atom is -0.399 e. The Morgan fingerprint density at radius 1 is 1.32 bits per heavy atom. The van der Waals surface area contributed by atoms with Crippen LogP contribution in [-0.4, -0.2) is 36.7 Å². The molecule has 0 saturated carbocycles. The summed E-state index contributed by atoms with van der Waals surface area (Å²) in [4.78, 5) is 0. The number of nitrogens with zero attached hydrogens (tertiary/aromatic N) is 2. The highest BCUT2D eigenvalue weighted by Crippen LogP contribution is 2.19. The predicted molar refractivity (Wildman–Crippen MR) is 76.7 cm³/mol. The van der Waals surface area contributed by atoms with Gasteiger partial charge in [0.25, 0.3) is 10.2 Å². The Morgan fingerprint density at radius 2 is 2.00 bits per heavy atom. The standard InChI is InChI=1S/C13H21N3O2S/c1-2-15(11-12-6-5-7-13(14)10-12)19(17,18)16-8-3-4-9-16/h5-7,10H,2-4,8-9,11,14H2,1H3. The number of hydrogen-bond donors (Lipinski definition) is 1. The fourth-order valence-corrected chi connectivity index (χ4v) is 4.02. The lowest BCUT2D eigenvalue weighted by molar-refractivity contribution is 0.365. The summed E-state index contributed by atoms with van der Waals surface area (Å²) in [5, 5.41) is 0. The molecule has 1 saturated heterocycles. The predicted octanol–water partition coefficient (Wildman–Crippen LogP) is 1.43. The molecule has 0 aromatic heterocycles. The molecular weight excluding hydrogens is 262 g/mol. The van der Waals surface area contributed by atoms with Crippen LogP contribution in [0.5, 0.6) is 0 Å². The van der Waals surface area contributed by atoms with Crippen LogP contribution in [0.15, 0.2) is 24.3 Å². The Morgan fingerprint density at radius 3 is 2.58 bits per heavy atom. The lowest BCUT2D eigenvalue weighted by Gasteiger charge is -2.26. The topological polar surface area (TPSA) is 66.6 Å². The summed E-state index contributed by atoms with van der Waals surface area (Å²) >= 11 is 0. The lowest BCUT2D eigenvalue weighted by Crippen LogP contribution is -2.41. The van der Waals surface area contributed by atoms with Gasteiger partial charge in [-0.15, -0.1) is 0 Å². The summed E-state index contributed by atoms with van der Waals surface area (Å²) in [6.45, 7) is 3.97. The van der Waals surface area contributed by atoms with Gasteiger partial charge in [-0.3, -0.25) is 0 Å². The van der Waals surface area contributed by atoms with E-state index in [2.05, 4.69) is 0 Å². The molecule has 0 spiro atoms. The fraction of sp³-hybridized carbons (Fsp3) is 0.538. The first-order chi connectivity index (χ1) is 9.04. The van der Waals surface area contributed by atoms with E-state index in [9.17, 15) is 8.42 Å². The van der Waals surface area contributed by atoms with Crippen LogP contribution >= 0.6 is 0 Å². The highest BCUT2D eigenvalue weighted by molar-refractivity contribution is 7.86. The lowest BCUT2D eigenvalue weighted by atomic mass is 10.2. The summed E-state index contributed by atoms with van der Waals surface area (Å²) in [5.74, 6) is 0. The molecule has 0 unspecified atom stereocenters. The van der Waals surface area contributed by atoms with Crippen molar-refractivity contribution < 1.29 is 8.42 Å². The Kier molecular flexibility index (Phi) is 4.44. The van der Waals surface area contributed by atoms with Crippen molar-refractivity contribution in [2.24, 2.45) is 0 Å². The van der Waals surface area contributed by atoms with Crippen molar-refractivity contribution in [2.45, 2.75) is 26.3 Å². The Bertz CT molecular complexity index is 524. The van der Waals surface area contributed by atoms with Gasteiger partial charge in [-0.25, -0.2) is 0 Å². The van der Waals surface area contributed by atoms with Gasteiger partial charge in [0, 0.05) is 31.9 Å². The number of benzene rings is 1. The van der Waals surface area contributed by atoms with Gasteiger partial charge in [0.2, 0.25) is 0 Å². The smallest absolute Gasteiger partial charge is 0.282 e. The van der Waals surface area contributed by atoms with Crippen LogP contribution in [0.25, 0.3) is 0 Å². The molecule has 1 aliphatic heterocycles. The van der Waals surface area contributed by atoms with Crippen molar-refractivity contribution in [3.05, 3.63) is 29.8 Å². The van der Waals surface area contributed by atoms with Gasteiger partial charge >= 0.3 is 0 Å². The molecule has 6 heteroatoms. The molecule has 1 aromatic carbocycles. The van der Waals surface area contributed by atoms with Crippen molar-refractivity contribution >= 4 is 15.9 Å². The van der Waals surface area contributed by atoms with Crippen molar-refractivity contribution in [2.75, 3.05) is 25.4 Å². The zero-order valence-corrected chi connectivity index (χ0v) is 12.1. The van der Waals surface area contributed by atoms with E-state index in [1.807, 2.05) is 25.1 Å². The van der Waals surface area contributed by atoms with E-state index in [0.29, 0.717) is 31.9 Å². The average Bonchev–Trinajstić information content (AvgIpc) is 2.90. The number of anilines is 1. The van der Waals surface area contributed by atoms with Gasteiger partial charge < -0.3 is 5.73 Å². The first-order valence-corrected chi connectivity index (χ1v) is 8.03. The second-order valence-corrected chi connectivity index (χ2v) is 6.71. The quantitative estimate of drug-likeness (QED) is 0.831. The highest BCUT2D eigenvalue weighted by atomic mass is 32.2. The van der Waals surface area contributed by atoms with Gasteiger partial charge in [-0.05, 0) is 30.5 Å². The molecule has 1 fully saturated rings. The van der Waals surface area contributed by atoms with Gasteiger partial charge in [0.05, 0.1) is 0 Å². The monoisotopic (exact) mass is 283 g/mol. The third kappa shape index (κ3) is 3.26. The maximum atomic E-state index is 12.5. The van der Waals surface area contributed by atoms with Crippen molar-refractivity contribution in [3.8, 4) is 0 Å². The second kappa shape index (κ2) is 5.90. The summed E-state index contributed by atoms with van der Waals surface area (Å²) < 4.78 is 28.0. The van der Waals surface area contributed by atoms with E-state index in [0.717, 1.165) is 18.4 Å². The van der Waals surface area contributed by atoms with Crippen LogP contribution < -0.4 is 5.73 Å². The van der Waals surface area contributed by atoms with Crippen molar-refractivity contribution in [1.29, 1.82) is 0 Å². The Hall–Kier alpha value is -1.11. The highest BCUT2D eigenvalue weighted by Gasteiger charge is 2.30. The minimum atomic E-state index is -3.34. The molecule has 19 heavy (non-hydrogen) atoms.